The largest absolute Gasteiger partial charge is 0.479 e. The fraction of sp³-hybridized carbons (Fsp3) is 0.875. The Morgan fingerprint density at radius 1 is 1.27 bits per heavy atom. The van der Waals surface area contributed by atoms with Crippen molar-refractivity contribution in [2.45, 2.75) is 36.8 Å². The van der Waals surface area contributed by atoms with Gasteiger partial charge in [-0.15, -0.1) is 11.8 Å². The summed E-state index contributed by atoms with van der Waals surface area (Å²) in [6.07, 6.45) is -5.87. The van der Waals surface area contributed by atoms with Crippen molar-refractivity contribution in [1.82, 2.24) is 0 Å². The molecule has 0 spiro atoms. The molecule has 0 bridgehead atoms. The number of carboxylic acid groups (broad SMARTS) is 1. The number of hydrogen-bond donors (Lipinski definition) is 4. The van der Waals surface area contributed by atoms with Gasteiger partial charge in [0.25, 0.3) is 0 Å². The summed E-state index contributed by atoms with van der Waals surface area (Å²) in [7, 11) is 0. The van der Waals surface area contributed by atoms with Crippen LogP contribution in [-0.2, 0) is 9.53 Å². The van der Waals surface area contributed by atoms with Crippen LogP contribution in [0.3, 0.4) is 0 Å². The van der Waals surface area contributed by atoms with E-state index < -0.39 is 35.8 Å². The van der Waals surface area contributed by atoms with Crippen LogP contribution in [0, 0.1) is 0 Å². The number of carbonyl (C=O) groups is 1. The molecule has 7 heteroatoms. The fourth-order valence-corrected chi connectivity index (χ4v) is 2.24. The van der Waals surface area contributed by atoms with E-state index >= 15 is 0 Å². The Balaban J connectivity index is 2.75. The van der Waals surface area contributed by atoms with E-state index in [4.69, 9.17) is 9.84 Å². The van der Waals surface area contributed by atoms with Crippen molar-refractivity contribution >= 4 is 17.7 Å². The molecule has 1 fully saturated rings. The zero-order chi connectivity index (χ0) is 11.6. The number of aliphatic hydroxyl groups is 3. The van der Waals surface area contributed by atoms with Crippen molar-refractivity contribution in [3.8, 4) is 0 Å². The van der Waals surface area contributed by atoms with Crippen molar-refractivity contribution < 1.29 is 30.0 Å². The van der Waals surface area contributed by atoms with E-state index in [9.17, 15) is 20.1 Å². The Bertz CT molecular complexity index is 235. The van der Waals surface area contributed by atoms with Gasteiger partial charge in [-0.05, 0) is 5.75 Å². The predicted octanol–water partition coefficient (Wildman–Crippen LogP) is -1.37. The van der Waals surface area contributed by atoms with Gasteiger partial charge in [0.2, 0.25) is 0 Å². The minimum atomic E-state index is -1.61. The summed E-state index contributed by atoms with van der Waals surface area (Å²) in [5.74, 6) is -0.744. The van der Waals surface area contributed by atoms with Crippen molar-refractivity contribution in [2.75, 3.05) is 5.75 Å². The van der Waals surface area contributed by atoms with Crippen molar-refractivity contribution in [3.05, 3.63) is 0 Å². The highest BCUT2D eigenvalue weighted by Crippen LogP contribution is 2.28. The molecule has 15 heavy (non-hydrogen) atoms. The minimum Gasteiger partial charge on any atom is -0.479 e. The molecule has 1 aliphatic rings. The predicted molar refractivity (Wildman–Crippen MR) is 52.4 cm³/mol. The lowest BCUT2D eigenvalue weighted by Crippen LogP contribution is -2.58. The smallest absolute Gasteiger partial charge is 0.335 e. The van der Waals surface area contributed by atoms with E-state index in [-0.39, 0.29) is 0 Å². The van der Waals surface area contributed by atoms with Crippen molar-refractivity contribution in [1.29, 1.82) is 0 Å². The molecular weight excluding hydrogens is 224 g/mol. The Morgan fingerprint density at radius 2 is 1.87 bits per heavy atom. The van der Waals surface area contributed by atoms with E-state index in [0.29, 0.717) is 5.75 Å². The first kappa shape index (κ1) is 12.7. The van der Waals surface area contributed by atoms with E-state index in [1.54, 1.807) is 0 Å². The fourth-order valence-electron chi connectivity index (χ4n) is 1.35. The van der Waals surface area contributed by atoms with Gasteiger partial charge in [0, 0.05) is 0 Å². The van der Waals surface area contributed by atoms with Crippen LogP contribution in [0.15, 0.2) is 0 Å². The maximum absolute atomic E-state index is 10.7. The summed E-state index contributed by atoms with van der Waals surface area (Å²) >= 11 is 1.18. The third-order valence-electron chi connectivity index (χ3n) is 2.14. The molecule has 0 aromatic carbocycles. The van der Waals surface area contributed by atoms with Gasteiger partial charge in [-0.2, -0.15) is 0 Å². The third kappa shape index (κ3) is 2.61. The van der Waals surface area contributed by atoms with Gasteiger partial charge < -0.3 is 25.2 Å². The molecule has 0 amide bonds. The highest BCUT2D eigenvalue weighted by molar-refractivity contribution is 7.99. The summed E-state index contributed by atoms with van der Waals surface area (Å²) in [6, 6.07) is 0. The molecule has 1 rings (SSSR count). The van der Waals surface area contributed by atoms with Gasteiger partial charge >= 0.3 is 5.97 Å². The first-order valence-electron chi connectivity index (χ1n) is 4.53. The molecule has 6 nitrogen and oxygen atoms in total. The Kier molecular flexibility index (Phi) is 4.35. The summed E-state index contributed by atoms with van der Waals surface area (Å²) in [5.41, 5.74) is -0.825. The van der Waals surface area contributed by atoms with Crippen LogP contribution in [0.25, 0.3) is 0 Å². The highest BCUT2D eigenvalue weighted by Gasteiger charge is 2.46. The van der Waals surface area contributed by atoms with Gasteiger partial charge in [-0.25, -0.2) is 4.79 Å². The normalized spacial score (nSPS) is 41.5. The van der Waals surface area contributed by atoms with E-state index in [0.717, 1.165) is 0 Å². The van der Waals surface area contributed by atoms with Crippen LogP contribution in [0.1, 0.15) is 6.92 Å². The molecule has 1 heterocycles. The quantitative estimate of drug-likeness (QED) is 0.480. The number of aliphatic carboxylic acids is 1. The number of aliphatic hydroxyl groups excluding tert-OH is 3. The first-order chi connectivity index (χ1) is 6.99. The van der Waals surface area contributed by atoms with Crippen LogP contribution in [0.2, 0.25) is 0 Å². The number of thioether (sulfide) groups is 1. The van der Waals surface area contributed by atoms with E-state index in [1.165, 1.54) is 11.8 Å². The number of carboxylic acids is 1. The molecule has 3 unspecified atom stereocenters. The second-order valence-electron chi connectivity index (χ2n) is 3.19. The molecule has 0 aromatic rings. The van der Waals surface area contributed by atoms with Gasteiger partial charge in [-0.1, -0.05) is 6.92 Å². The van der Waals surface area contributed by atoms with Crippen LogP contribution < -0.4 is 0 Å². The lowest BCUT2D eigenvalue weighted by atomic mass is 10.0. The number of ether oxygens (including phenoxy) is 1. The summed E-state index contributed by atoms with van der Waals surface area (Å²) in [4.78, 5) is 10.7. The molecule has 0 radical (unpaired) electrons. The first-order valence-corrected chi connectivity index (χ1v) is 5.58. The van der Waals surface area contributed by atoms with Crippen LogP contribution >= 0.6 is 11.8 Å². The SMILES string of the molecule is CCS[C@@H]1OC(C(=O)O)[C@@H](O)C(O)C1O. The minimum absolute atomic E-state index is 0.608. The Morgan fingerprint density at radius 3 is 2.33 bits per heavy atom. The molecule has 5 atom stereocenters. The second kappa shape index (κ2) is 5.13. The third-order valence-corrected chi connectivity index (χ3v) is 3.20. The van der Waals surface area contributed by atoms with Crippen molar-refractivity contribution in [2.24, 2.45) is 0 Å². The summed E-state index contributed by atoms with van der Waals surface area (Å²) in [6.45, 7) is 1.81. The molecule has 1 aliphatic heterocycles. The maximum atomic E-state index is 10.7. The highest BCUT2D eigenvalue weighted by atomic mass is 32.2. The molecule has 88 valence electrons. The van der Waals surface area contributed by atoms with Gasteiger partial charge in [0.1, 0.15) is 23.7 Å². The van der Waals surface area contributed by atoms with Crippen molar-refractivity contribution in [3.63, 3.8) is 0 Å². The van der Waals surface area contributed by atoms with E-state index in [2.05, 4.69) is 0 Å². The van der Waals surface area contributed by atoms with Crippen LogP contribution in [0.5, 0.6) is 0 Å². The zero-order valence-electron chi connectivity index (χ0n) is 8.11. The Hall–Kier alpha value is -0.340. The second-order valence-corrected chi connectivity index (χ2v) is 4.57. The van der Waals surface area contributed by atoms with Gasteiger partial charge in [-0.3, -0.25) is 0 Å². The lowest BCUT2D eigenvalue weighted by molar-refractivity contribution is -0.209. The van der Waals surface area contributed by atoms with Crippen LogP contribution in [0.4, 0.5) is 0 Å². The summed E-state index contributed by atoms with van der Waals surface area (Å²) < 4.78 is 4.99. The maximum Gasteiger partial charge on any atom is 0.335 e. The van der Waals surface area contributed by atoms with E-state index in [1.807, 2.05) is 6.92 Å². The van der Waals surface area contributed by atoms with Gasteiger partial charge in [0.05, 0.1) is 0 Å². The average molecular weight is 238 g/mol. The zero-order valence-corrected chi connectivity index (χ0v) is 8.92. The standard InChI is InChI=1S/C8H14O6S/c1-2-15-8-5(11)3(9)4(10)6(14-8)7(12)13/h3-6,8-11H,2H2,1H3,(H,12,13)/t3?,4-,5?,6?,8-/m0/s1. The molecular formula is C8H14O6S. The Labute approximate surface area is 90.9 Å². The molecule has 0 aliphatic carbocycles. The monoisotopic (exact) mass is 238 g/mol. The average Bonchev–Trinajstić information content (AvgIpc) is 2.18. The lowest BCUT2D eigenvalue weighted by Gasteiger charge is -2.38. The molecule has 0 aromatic heterocycles. The van der Waals surface area contributed by atoms with Crippen LogP contribution in [-0.4, -0.2) is 62.0 Å². The molecule has 4 N–H and O–H groups in total. The number of hydrogen-bond acceptors (Lipinski definition) is 6. The number of rotatable bonds is 3. The molecule has 1 saturated heterocycles. The van der Waals surface area contributed by atoms with Gasteiger partial charge in [0.15, 0.2) is 6.10 Å². The molecule has 0 saturated carbocycles. The summed E-state index contributed by atoms with van der Waals surface area (Å²) in [5, 5.41) is 36.9. The topological polar surface area (TPSA) is 107 Å².